The van der Waals surface area contributed by atoms with E-state index < -0.39 is 5.97 Å². The third-order valence-electron chi connectivity index (χ3n) is 5.33. The van der Waals surface area contributed by atoms with Crippen LogP contribution in [0, 0.1) is 13.8 Å². The minimum atomic E-state index is -0.435. The van der Waals surface area contributed by atoms with Crippen molar-refractivity contribution in [3.8, 4) is 11.5 Å². The van der Waals surface area contributed by atoms with E-state index in [1.807, 2.05) is 56.3 Å². The van der Waals surface area contributed by atoms with Crippen LogP contribution in [0.25, 0.3) is 0 Å². The summed E-state index contributed by atoms with van der Waals surface area (Å²) < 4.78 is 16.0. The summed E-state index contributed by atoms with van der Waals surface area (Å²) in [6.45, 7) is 6.59. The number of carbonyl (C=O) groups is 2. The van der Waals surface area contributed by atoms with Crippen molar-refractivity contribution in [3.05, 3.63) is 53.6 Å². The molecule has 0 N–H and O–H groups in total. The van der Waals surface area contributed by atoms with E-state index in [1.54, 1.807) is 12.0 Å². The second-order valence-corrected chi connectivity index (χ2v) is 7.59. The topological polar surface area (TPSA) is 68.3 Å². The quantitative estimate of drug-likeness (QED) is 0.605. The zero-order valence-corrected chi connectivity index (χ0v) is 18.4. The van der Waals surface area contributed by atoms with Crippen LogP contribution in [-0.4, -0.2) is 63.3 Å². The van der Waals surface area contributed by atoms with Crippen molar-refractivity contribution in [2.45, 2.75) is 20.3 Å². The molecule has 166 valence electrons. The predicted octanol–water partition coefficient (Wildman–Crippen LogP) is 2.97. The number of esters is 1. The first-order valence-electron chi connectivity index (χ1n) is 10.5. The van der Waals surface area contributed by atoms with Crippen LogP contribution in [-0.2, 0) is 14.3 Å². The van der Waals surface area contributed by atoms with Gasteiger partial charge in [0.05, 0.1) is 20.1 Å². The summed E-state index contributed by atoms with van der Waals surface area (Å²) in [5.41, 5.74) is 3.21. The van der Waals surface area contributed by atoms with Gasteiger partial charge in [-0.1, -0.05) is 12.1 Å². The second kappa shape index (κ2) is 10.7. The first-order chi connectivity index (χ1) is 15.0. The van der Waals surface area contributed by atoms with Crippen molar-refractivity contribution in [1.82, 2.24) is 4.90 Å². The number of anilines is 1. The number of hydrogen-bond acceptors (Lipinski definition) is 6. The van der Waals surface area contributed by atoms with E-state index in [4.69, 9.17) is 14.2 Å². The molecule has 31 heavy (non-hydrogen) atoms. The SMILES string of the molecule is COc1ccc(N2CCN(C(=O)COC(=O)CCOc3cc(C)ccc3C)CC2)cc1. The number of aryl methyl sites for hydroxylation is 2. The maximum atomic E-state index is 12.4. The van der Waals surface area contributed by atoms with Gasteiger partial charge in [0, 0.05) is 31.9 Å². The van der Waals surface area contributed by atoms with E-state index in [0.29, 0.717) is 13.1 Å². The molecule has 2 aromatic rings. The molecule has 1 aliphatic heterocycles. The summed E-state index contributed by atoms with van der Waals surface area (Å²) in [6, 6.07) is 13.8. The highest BCUT2D eigenvalue weighted by Gasteiger charge is 2.22. The monoisotopic (exact) mass is 426 g/mol. The summed E-state index contributed by atoms with van der Waals surface area (Å²) in [5.74, 6) is 0.978. The molecule has 1 aliphatic rings. The highest BCUT2D eigenvalue weighted by Crippen LogP contribution is 2.21. The van der Waals surface area contributed by atoms with Gasteiger partial charge >= 0.3 is 5.97 Å². The minimum absolute atomic E-state index is 0.103. The first kappa shape index (κ1) is 22.5. The summed E-state index contributed by atoms with van der Waals surface area (Å²) in [6.07, 6.45) is 0.103. The predicted molar refractivity (Wildman–Crippen MR) is 119 cm³/mol. The molecule has 0 saturated carbocycles. The Bertz CT molecular complexity index is 889. The third kappa shape index (κ3) is 6.38. The fraction of sp³-hybridized carbons (Fsp3) is 0.417. The molecular weight excluding hydrogens is 396 g/mol. The molecule has 0 radical (unpaired) electrons. The Labute approximate surface area is 183 Å². The Morgan fingerprint density at radius 2 is 1.68 bits per heavy atom. The van der Waals surface area contributed by atoms with E-state index in [1.165, 1.54) is 0 Å². The Balaban J connectivity index is 1.35. The molecule has 1 saturated heterocycles. The van der Waals surface area contributed by atoms with Gasteiger partial charge < -0.3 is 24.0 Å². The zero-order valence-electron chi connectivity index (χ0n) is 18.4. The van der Waals surface area contributed by atoms with Gasteiger partial charge in [-0.25, -0.2) is 0 Å². The molecule has 2 aromatic carbocycles. The Morgan fingerprint density at radius 1 is 0.968 bits per heavy atom. The number of hydrogen-bond donors (Lipinski definition) is 0. The number of ether oxygens (including phenoxy) is 3. The van der Waals surface area contributed by atoms with Crippen LogP contribution in [0.2, 0.25) is 0 Å². The summed E-state index contributed by atoms with van der Waals surface area (Å²) in [4.78, 5) is 28.3. The number of piperazine rings is 1. The highest BCUT2D eigenvalue weighted by molar-refractivity contribution is 5.81. The summed E-state index contributed by atoms with van der Waals surface area (Å²) in [7, 11) is 1.64. The highest BCUT2D eigenvalue weighted by atomic mass is 16.5. The average Bonchev–Trinajstić information content (AvgIpc) is 2.80. The lowest BCUT2D eigenvalue weighted by molar-refractivity contribution is -0.152. The fourth-order valence-electron chi connectivity index (χ4n) is 3.42. The van der Waals surface area contributed by atoms with Gasteiger partial charge in [-0.15, -0.1) is 0 Å². The van der Waals surface area contributed by atoms with E-state index in [-0.39, 0.29) is 25.5 Å². The van der Waals surface area contributed by atoms with Crippen LogP contribution in [0.5, 0.6) is 11.5 Å². The van der Waals surface area contributed by atoms with Crippen molar-refractivity contribution in [3.63, 3.8) is 0 Å². The number of rotatable bonds is 8. The molecule has 0 unspecified atom stereocenters. The first-order valence-corrected chi connectivity index (χ1v) is 10.5. The standard InChI is InChI=1S/C24H30N2O5/c1-18-4-5-19(2)22(16-18)30-15-10-24(28)31-17-23(27)26-13-11-25(12-14-26)20-6-8-21(29-3)9-7-20/h4-9,16H,10-15,17H2,1-3H3. The smallest absolute Gasteiger partial charge is 0.309 e. The molecule has 0 bridgehead atoms. The van der Waals surface area contributed by atoms with Gasteiger partial charge in [0.25, 0.3) is 5.91 Å². The maximum Gasteiger partial charge on any atom is 0.309 e. The number of benzene rings is 2. The molecule has 3 rings (SSSR count). The van der Waals surface area contributed by atoms with Gasteiger partial charge in [0.1, 0.15) is 11.5 Å². The largest absolute Gasteiger partial charge is 0.497 e. The van der Waals surface area contributed by atoms with Crippen LogP contribution in [0.15, 0.2) is 42.5 Å². The lowest BCUT2D eigenvalue weighted by Crippen LogP contribution is -2.49. The molecule has 7 nitrogen and oxygen atoms in total. The normalized spacial score (nSPS) is 13.6. The van der Waals surface area contributed by atoms with Crippen molar-refractivity contribution >= 4 is 17.6 Å². The van der Waals surface area contributed by atoms with Gasteiger partial charge in [-0.05, 0) is 55.3 Å². The average molecular weight is 427 g/mol. The van der Waals surface area contributed by atoms with Crippen molar-refractivity contribution in [2.24, 2.45) is 0 Å². The summed E-state index contributed by atoms with van der Waals surface area (Å²) >= 11 is 0. The molecule has 0 aromatic heterocycles. The van der Waals surface area contributed by atoms with Gasteiger partial charge in [0.2, 0.25) is 0 Å². The van der Waals surface area contributed by atoms with Gasteiger partial charge in [-0.3, -0.25) is 9.59 Å². The minimum Gasteiger partial charge on any atom is -0.497 e. The van der Waals surface area contributed by atoms with Crippen LogP contribution < -0.4 is 14.4 Å². The maximum absolute atomic E-state index is 12.4. The Hall–Kier alpha value is -3.22. The van der Waals surface area contributed by atoms with Crippen molar-refractivity contribution < 1.29 is 23.8 Å². The second-order valence-electron chi connectivity index (χ2n) is 7.59. The molecule has 0 atom stereocenters. The van der Waals surface area contributed by atoms with E-state index in [0.717, 1.165) is 41.4 Å². The van der Waals surface area contributed by atoms with Crippen LogP contribution in [0.4, 0.5) is 5.69 Å². The number of amides is 1. The molecule has 1 heterocycles. The van der Waals surface area contributed by atoms with Crippen LogP contribution in [0.1, 0.15) is 17.5 Å². The molecular formula is C24H30N2O5. The Morgan fingerprint density at radius 3 is 2.35 bits per heavy atom. The number of nitrogens with zero attached hydrogens (tertiary/aromatic N) is 2. The third-order valence-corrected chi connectivity index (χ3v) is 5.33. The lowest BCUT2D eigenvalue weighted by Gasteiger charge is -2.36. The van der Waals surface area contributed by atoms with Crippen molar-refractivity contribution in [1.29, 1.82) is 0 Å². The number of carbonyl (C=O) groups excluding carboxylic acids is 2. The molecule has 1 fully saturated rings. The van der Waals surface area contributed by atoms with Crippen molar-refractivity contribution in [2.75, 3.05) is 51.4 Å². The van der Waals surface area contributed by atoms with Crippen LogP contribution >= 0.6 is 0 Å². The van der Waals surface area contributed by atoms with E-state index >= 15 is 0 Å². The fourth-order valence-corrected chi connectivity index (χ4v) is 3.42. The van der Waals surface area contributed by atoms with E-state index in [9.17, 15) is 9.59 Å². The molecule has 0 spiro atoms. The molecule has 0 aliphatic carbocycles. The lowest BCUT2D eigenvalue weighted by atomic mass is 10.1. The zero-order chi connectivity index (χ0) is 22.2. The van der Waals surface area contributed by atoms with Gasteiger partial charge in [-0.2, -0.15) is 0 Å². The number of methoxy groups -OCH3 is 1. The molecule has 1 amide bonds. The van der Waals surface area contributed by atoms with Crippen LogP contribution in [0.3, 0.4) is 0 Å². The Kier molecular flexibility index (Phi) is 7.76. The summed E-state index contributed by atoms with van der Waals surface area (Å²) in [5, 5.41) is 0. The molecule has 7 heteroatoms. The van der Waals surface area contributed by atoms with Gasteiger partial charge in [0.15, 0.2) is 6.61 Å². The van der Waals surface area contributed by atoms with E-state index in [2.05, 4.69) is 4.90 Å².